The smallest absolute Gasteiger partial charge is 0.337 e. The standard InChI is InChI=1S/C21H27N3O4/c1-27-21(26)15-3-2-4-18(7-15)28-20-9-17-13-24(12-16(17)8-19(20)25)6-5-14-10-22-23-11-14/h2-4,7,10-11,16-17,19-20,25H,5-6,8-9,12-13H2,1H3,(H,22,23)/t16-,17+,19+,20+/m0/s1. The normalized spacial score (nSPS) is 27.4. The zero-order valence-corrected chi connectivity index (χ0v) is 16.1. The fourth-order valence-electron chi connectivity index (χ4n) is 4.49. The molecule has 2 heterocycles. The molecule has 1 saturated carbocycles. The molecule has 2 aromatic rings. The van der Waals surface area contributed by atoms with E-state index in [0.717, 1.165) is 38.9 Å². The summed E-state index contributed by atoms with van der Waals surface area (Å²) in [6.45, 7) is 3.08. The van der Waals surface area contributed by atoms with Crippen LogP contribution < -0.4 is 4.74 Å². The lowest BCUT2D eigenvalue weighted by atomic mass is 9.78. The number of aromatic amines is 1. The molecule has 1 aromatic carbocycles. The zero-order valence-electron chi connectivity index (χ0n) is 16.1. The molecule has 7 heteroatoms. The van der Waals surface area contributed by atoms with Gasteiger partial charge in [-0.05, 0) is 54.9 Å². The second-order valence-corrected chi connectivity index (χ2v) is 7.85. The summed E-state index contributed by atoms with van der Waals surface area (Å²) in [6.07, 6.45) is 5.65. The quantitative estimate of drug-likeness (QED) is 0.739. The Balaban J connectivity index is 1.34. The summed E-state index contributed by atoms with van der Waals surface area (Å²) in [7, 11) is 1.36. The number of aromatic nitrogens is 2. The van der Waals surface area contributed by atoms with Gasteiger partial charge in [-0.3, -0.25) is 5.10 Å². The minimum absolute atomic E-state index is 0.247. The van der Waals surface area contributed by atoms with Gasteiger partial charge in [0.2, 0.25) is 0 Å². The number of ether oxygens (including phenoxy) is 2. The van der Waals surface area contributed by atoms with Gasteiger partial charge in [-0.2, -0.15) is 5.10 Å². The monoisotopic (exact) mass is 385 g/mol. The molecule has 7 nitrogen and oxygen atoms in total. The Morgan fingerprint density at radius 3 is 2.89 bits per heavy atom. The fraction of sp³-hybridized carbons (Fsp3) is 0.524. The molecule has 2 aliphatic rings. The lowest BCUT2D eigenvalue weighted by Gasteiger charge is -2.35. The molecule has 1 aliphatic carbocycles. The number of methoxy groups -OCH3 is 1. The van der Waals surface area contributed by atoms with Crippen molar-refractivity contribution in [1.82, 2.24) is 15.1 Å². The van der Waals surface area contributed by atoms with Crippen LogP contribution >= 0.6 is 0 Å². The third kappa shape index (κ3) is 4.20. The Hall–Kier alpha value is -2.38. The highest BCUT2D eigenvalue weighted by Gasteiger charge is 2.42. The SMILES string of the molecule is COC(=O)c1cccc(O[C@@H]2C[C@@H]3CN(CCc4cn[nH]c4)C[C@@H]3C[C@H]2O)c1. The largest absolute Gasteiger partial charge is 0.488 e. The van der Waals surface area contributed by atoms with Crippen molar-refractivity contribution in [1.29, 1.82) is 0 Å². The lowest BCUT2D eigenvalue weighted by Crippen LogP contribution is -2.42. The van der Waals surface area contributed by atoms with Crippen LogP contribution in [0.5, 0.6) is 5.75 Å². The molecule has 4 rings (SSSR count). The predicted octanol–water partition coefficient (Wildman–Crippen LogP) is 1.89. The number of nitrogens with one attached hydrogen (secondary N) is 1. The van der Waals surface area contributed by atoms with Crippen molar-refractivity contribution >= 4 is 5.97 Å². The van der Waals surface area contributed by atoms with Crippen molar-refractivity contribution in [3.8, 4) is 5.75 Å². The molecule has 0 spiro atoms. The molecule has 1 aliphatic heterocycles. The third-order valence-corrected chi connectivity index (χ3v) is 5.97. The summed E-state index contributed by atoms with van der Waals surface area (Å²) in [5.41, 5.74) is 1.68. The summed E-state index contributed by atoms with van der Waals surface area (Å²) in [6, 6.07) is 6.96. The minimum Gasteiger partial charge on any atom is -0.488 e. The molecule has 1 aromatic heterocycles. The Morgan fingerprint density at radius 1 is 1.32 bits per heavy atom. The van der Waals surface area contributed by atoms with Gasteiger partial charge in [0, 0.05) is 25.8 Å². The van der Waals surface area contributed by atoms with E-state index in [1.165, 1.54) is 12.7 Å². The number of aliphatic hydroxyl groups is 1. The van der Waals surface area contributed by atoms with Gasteiger partial charge in [0.05, 0.1) is 25.0 Å². The van der Waals surface area contributed by atoms with Crippen LogP contribution in [0, 0.1) is 11.8 Å². The van der Waals surface area contributed by atoms with Crippen molar-refractivity contribution in [2.75, 3.05) is 26.7 Å². The van der Waals surface area contributed by atoms with Crippen molar-refractivity contribution in [3.63, 3.8) is 0 Å². The Bertz CT molecular complexity index is 795. The topological polar surface area (TPSA) is 87.7 Å². The molecule has 28 heavy (non-hydrogen) atoms. The lowest BCUT2D eigenvalue weighted by molar-refractivity contribution is -0.0231. The Morgan fingerprint density at radius 2 is 2.14 bits per heavy atom. The maximum atomic E-state index is 11.7. The molecule has 150 valence electrons. The van der Waals surface area contributed by atoms with E-state index in [4.69, 9.17) is 9.47 Å². The van der Waals surface area contributed by atoms with Crippen LogP contribution in [0.2, 0.25) is 0 Å². The molecule has 4 atom stereocenters. The third-order valence-electron chi connectivity index (χ3n) is 5.97. The van der Waals surface area contributed by atoms with E-state index in [2.05, 4.69) is 15.1 Å². The Kier molecular flexibility index (Phi) is 5.64. The highest BCUT2D eigenvalue weighted by Crippen LogP contribution is 2.38. The summed E-state index contributed by atoms with van der Waals surface area (Å²) in [5, 5.41) is 17.5. The zero-order chi connectivity index (χ0) is 19.5. The van der Waals surface area contributed by atoms with Crippen LogP contribution in [-0.2, 0) is 11.2 Å². The highest BCUT2D eigenvalue weighted by molar-refractivity contribution is 5.89. The fourth-order valence-corrected chi connectivity index (χ4v) is 4.49. The molecular formula is C21H27N3O4. The highest BCUT2D eigenvalue weighted by atomic mass is 16.5. The summed E-state index contributed by atoms with van der Waals surface area (Å²) in [4.78, 5) is 14.2. The number of hydrogen-bond acceptors (Lipinski definition) is 6. The van der Waals surface area contributed by atoms with Crippen molar-refractivity contribution < 1.29 is 19.4 Å². The van der Waals surface area contributed by atoms with E-state index in [1.807, 2.05) is 18.5 Å². The number of likely N-dealkylation sites (tertiary alicyclic amines) is 1. The molecule has 1 saturated heterocycles. The number of rotatable bonds is 6. The second-order valence-electron chi connectivity index (χ2n) is 7.85. The van der Waals surface area contributed by atoms with Crippen LogP contribution in [0.15, 0.2) is 36.7 Å². The van der Waals surface area contributed by atoms with Crippen LogP contribution in [0.1, 0.15) is 28.8 Å². The van der Waals surface area contributed by atoms with E-state index in [1.54, 1.807) is 18.2 Å². The van der Waals surface area contributed by atoms with E-state index in [-0.39, 0.29) is 6.10 Å². The average Bonchev–Trinajstić information content (AvgIpc) is 3.35. The minimum atomic E-state index is -0.489. The van der Waals surface area contributed by atoms with Crippen LogP contribution in [0.25, 0.3) is 0 Å². The number of hydrogen-bond donors (Lipinski definition) is 2. The van der Waals surface area contributed by atoms with Gasteiger partial charge in [-0.25, -0.2) is 4.79 Å². The number of H-pyrrole nitrogens is 1. The van der Waals surface area contributed by atoms with Crippen LogP contribution in [-0.4, -0.2) is 65.1 Å². The van der Waals surface area contributed by atoms with Crippen molar-refractivity contribution in [2.24, 2.45) is 11.8 Å². The maximum absolute atomic E-state index is 11.7. The molecular weight excluding hydrogens is 358 g/mol. The average molecular weight is 385 g/mol. The van der Waals surface area contributed by atoms with Crippen LogP contribution in [0.3, 0.4) is 0 Å². The van der Waals surface area contributed by atoms with E-state index < -0.39 is 12.1 Å². The number of esters is 1. The number of fused-ring (bicyclic) bond motifs is 1. The first kappa shape index (κ1) is 19.0. The van der Waals surface area contributed by atoms with E-state index in [0.29, 0.717) is 23.1 Å². The second kappa shape index (κ2) is 8.32. The Labute approximate surface area is 164 Å². The predicted molar refractivity (Wildman–Crippen MR) is 103 cm³/mol. The van der Waals surface area contributed by atoms with Crippen LogP contribution in [0.4, 0.5) is 0 Å². The van der Waals surface area contributed by atoms with Gasteiger partial charge < -0.3 is 19.5 Å². The molecule has 0 radical (unpaired) electrons. The van der Waals surface area contributed by atoms with Gasteiger partial charge in [0.25, 0.3) is 0 Å². The maximum Gasteiger partial charge on any atom is 0.337 e. The first-order chi connectivity index (χ1) is 13.6. The number of carbonyl (C=O) groups is 1. The number of carbonyl (C=O) groups excluding carboxylic acids is 1. The van der Waals surface area contributed by atoms with Gasteiger partial charge in [-0.1, -0.05) is 6.07 Å². The number of benzene rings is 1. The summed E-state index contributed by atoms with van der Waals surface area (Å²) >= 11 is 0. The van der Waals surface area contributed by atoms with Gasteiger partial charge in [0.15, 0.2) is 0 Å². The van der Waals surface area contributed by atoms with Crippen molar-refractivity contribution in [3.05, 3.63) is 47.8 Å². The summed E-state index contributed by atoms with van der Waals surface area (Å²) < 4.78 is 10.8. The molecule has 2 fully saturated rings. The molecule has 0 unspecified atom stereocenters. The first-order valence-electron chi connectivity index (χ1n) is 9.85. The number of aliphatic hydroxyl groups excluding tert-OH is 1. The van der Waals surface area contributed by atoms with Crippen molar-refractivity contribution in [2.45, 2.75) is 31.5 Å². The van der Waals surface area contributed by atoms with E-state index >= 15 is 0 Å². The van der Waals surface area contributed by atoms with Gasteiger partial charge >= 0.3 is 5.97 Å². The van der Waals surface area contributed by atoms with Gasteiger partial charge in [0.1, 0.15) is 11.9 Å². The first-order valence-corrected chi connectivity index (χ1v) is 9.85. The molecule has 2 N–H and O–H groups in total. The summed E-state index contributed by atoms with van der Waals surface area (Å²) in [5.74, 6) is 1.25. The number of nitrogens with zero attached hydrogens (tertiary/aromatic N) is 2. The molecule has 0 bridgehead atoms. The van der Waals surface area contributed by atoms with Gasteiger partial charge in [-0.15, -0.1) is 0 Å². The van der Waals surface area contributed by atoms with E-state index in [9.17, 15) is 9.90 Å². The molecule has 0 amide bonds.